The number of nitrogens with two attached hydrogens (primary N) is 1. The maximum absolute atomic E-state index is 13.2. The zero-order valence-electron chi connectivity index (χ0n) is 15.6. The minimum atomic E-state index is -2.95. The number of amides is 2. The molecule has 2 aromatic carbocycles. The largest absolute Gasteiger partial charge is 0.435 e. The van der Waals surface area contributed by atoms with E-state index in [0.29, 0.717) is 22.5 Å². The molecule has 1 unspecified atom stereocenters. The van der Waals surface area contributed by atoms with E-state index in [1.165, 1.54) is 23.1 Å². The van der Waals surface area contributed by atoms with Crippen molar-refractivity contribution in [2.45, 2.75) is 26.0 Å². The van der Waals surface area contributed by atoms with E-state index >= 15 is 0 Å². The van der Waals surface area contributed by atoms with E-state index in [1.807, 2.05) is 0 Å². The zero-order chi connectivity index (χ0) is 20.6. The summed E-state index contributed by atoms with van der Waals surface area (Å²) in [6, 6.07) is 10.9. The fraction of sp³-hybridized carbons (Fsp3) is 0.250. The molecule has 0 saturated heterocycles. The number of likely N-dealkylation sites (N-methyl/N-ethyl adjacent to an activating group) is 1. The number of aryl methyl sites for hydroxylation is 1. The van der Waals surface area contributed by atoms with Crippen molar-refractivity contribution in [3.05, 3.63) is 64.7 Å². The SMILES string of the molecule is CC1=NC(c2cccc(C(N)=O)c2)(c2ccc(OC(F)F)c(C)c2)C(=O)N1C. The molecule has 0 fully saturated rings. The molecule has 3 rings (SSSR count). The number of benzene rings is 2. The summed E-state index contributed by atoms with van der Waals surface area (Å²) in [5, 5.41) is 0. The molecular weight excluding hydrogens is 368 g/mol. The summed E-state index contributed by atoms with van der Waals surface area (Å²) in [6.45, 7) is 0.345. The van der Waals surface area contributed by atoms with Gasteiger partial charge in [-0.25, -0.2) is 4.99 Å². The van der Waals surface area contributed by atoms with Gasteiger partial charge in [-0.05, 0) is 54.8 Å². The Kier molecular flexibility index (Phi) is 4.89. The number of hydrogen-bond acceptors (Lipinski definition) is 4. The minimum Gasteiger partial charge on any atom is -0.435 e. The lowest BCUT2D eigenvalue weighted by Crippen LogP contribution is -2.39. The first-order chi connectivity index (χ1) is 13.2. The molecule has 1 aliphatic rings. The summed E-state index contributed by atoms with van der Waals surface area (Å²) in [7, 11) is 1.60. The average Bonchev–Trinajstić information content (AvgIpc) is 2.88. The molecular formula is C20H19F2N3O3. The summed E-state index contributed by atoms with van der Waals surface area (Å²) in [5.41, 5.74) is 5.54. The summed E-state index contributed by atoms with van der Waals surface area (Å²) in [6.07, 6.45) is 0. The molecule has 0 radical (unpaired) electrons. The quantitative estimate of drug-likeness (QED) is 0.856. The molecule has 0 aliphatic carbocycles. The van der Waals surface area contributed by atoms with Gasteiger partial charge in [0.05, 0.1) is 0 Å². The number of halogens is 2. The van der Waals surface area contributed by atoms with Gasteiger partial charge in [0.25, 0.3) is 5.91 Å². The second-order valence-electron chi connectivity index (χ2n) is 6.54. The van der Waals surface area contributed by atoms with Crippen LogP contribution in [0.2, 0.25) is 0 Å². The standard InChI is InChI=1S/C20H19F2N3O3/c1-11-9-15(7-8-16(11)28-19(21)22)20(18(27)25(3)12(2)24-20)14-6-4-5-13(10-14)17(23)26/h4-10,19H,1-3H3,(H2,23,26). The fourth-order valence-electron chi connectivity index (χ4n) is 3.30. The van der Waals surface area contributed by atoms with E-state index < -0.39 is 18.1 Å². The molecule has 28 heavy (non-hydrogen) atoms. The Balaban J connectivity index is 2.23. The molecule has 1 heterocycles. The van der Waals surface area contributed by atoms with Crippen LogP contribution in [0.25, 0.3) is 0 Å². The van der Waals surface area contributed by atoms with E-state index in [4.69, 9.17) is 5.73 Å². The third-order valence-electron chi connectivity index (χ3n) is 4.80. The molecule has 0 saturated carbocycles. The number of amidine groups is 1. The van der Waals surface area contributed by atoms with E-state index in [1.54, 1.807) is 45.2 Å². The number of carbonyl (C=O) groups is 2. The molecule has 2 N–H and O–H groups in total. The Labute approximate surface area is 160 Å². The van der Waals surface area contributed by atoms with Gasteiger partial charge in [-0.3, -0.25) is 9.59 Å². The molecule has 0 spiro atoms. The maximum Gasteiger partial charge on any atom is 0.387 e. The predicted molar refractivity (Wildman–Crippen MR) is 99.4 cm³/mol. The lowest BCUT2D eigenvalue weighted by molar-refractivity contribution is -0.129. The first-order valence-electron chi connectivity index (χ1n) is 8.47. The molecule has 8 heteroatoms. The van der Waals surface area contributed by atoms with Crippen molar-refractivity contribution in [2.24, 2.45) is 10.7 Å². The monoisotopic (exact) mass is 387 g/mol. The van der Waals surface area contributed by atoms with Crippen LogP contribution >= 0.6 is 0 Å². The highest BCUT2D eigenvalue weighted by atomic mass is 19.3. The Bertz CT molecular complexity index is 990. The van der Waals surface area contributed by atoms with Gasteiger partial charge in [0, 0.05) is 12.6 Å². The number of primary amides is 1. The number of ether oxygens (including phenoxy) is 1. The number of hydrogen-bond donors (Lipinski definition) is 1. The number of rotatable bonds is 5. The Hall–Kier alpha value is -3.29. The highest BCUT2D eigenvalue weighted by molar-refractivity contribution is 6.09. The van der Waals surface area contributed by atoms with Gasteiger partial charge in [-0.1, -0.05) is 18.2 Å². The van der Waals surface area contributed by atoms with E-state index in [2.05, 4.69) is 9.73 Å². The van der Waals surface area contributed by atoms with Crippen LogP contribution in [0, 0.1) is 6.92 Å². The average molecular weight is 387 g/mol. The summed E-state index contributed by atoms with van der Waals surface area (Å²) < 4.78 is 29.7. The summed E-state index contributed by atoms with van der Waals surface area (Å²) in [5.74, 6) is -0.457. The fourth-order valence-corrected chi connectivity index (χ4v) is 3.30. The topological polar surface area (TPSA) is 85.0 Å². The minimum absolute atomic E-state index is 0.0132. The second-order valence-corrected chi connectivity index (χ2v) is 6.54. The van der Waals surface area contributed by atoms with Gasteiger partial charge < -0.3 is 15.4 Å². The number of aliphatic imine (C=N–C) groups is 1. The van der Waals surface area contributed by atoms with Crippen LogP contribution in [0.5, 0.6) is 5.75 Å². The molecule has 6 nitrogen and oxygen atoms in total. The van der Waals surface area contributed by atoms with Crippen LogP contribution in [0.15, 0.2) is 47.5 Å². The predicted octanol–water partition coefficient (Wildman–Crippen LogP) is 2.83. The van der Waals surface area contributed by atoms with Crippen LogP contribution < -0.4 is 10.5 Å². The summed E-state index contributed by atoms with van der Waals surface area (Å²) >= 11 is 0. The smallest absolute Gasteiger partial charge is 0.387 e. The van der Waals surface area contributed by atoms with Crippen molar-refractivity contribution in [3.8, 4) is 5.75 Å². The molecule has 0 aromatic heterocycles. The van der Waals surface area contributed by atoms with Crippen LogP contribution in [-0.4, -0.2) is 36.2 Å². The molecule has 2 amide bonds. The first kappa shape index (κ1) is 19.5. The number of carbonyl (C=O) groups excluding carboxylic acids is 2. The Morgan fingerprint density at radius 2 is 1.86 bits per heavy atom. The van der Waals surface area contributed by atoms with Crippen molar-refractivity contribution < 1.29 is 23.1 Å². The number of alkyl halides is 2. The molecule has 1 aliphatic heterocycles. The molecule has 0 bridgehead atoms. The van der Waals surface area contributed by atoms with Gasteiger partial charge >= 0.3 is 6.61 Å². The van der Waals surface area contributed by atoms with Crippen molar-refractivity contribution in [2.75, 3.05) is 7.05 Å². The summed E-state index contributed by atoms with van der Waals surface area (Å²) in [4.78, 5) is 30.9. The van der Waals surface area contributed by atoms with Crippen LogP contribution in [0.1, 0.15) is 34.0 Å². The van der Waals surface area contributed by atoms with Gasteiger partial charge in [0.15, 0.2) is 5.54 Å². The van der Waals surface area contributed by atoms with Crippen LogP contribution in [-0.2, 0) is 10.3 Å². The first-order valence-corrected chi connectivity index (χ1v) is 8.47. The van der Waals surface area contributed by atoms with Gasteiger partial charge in [0.1, 0.15) is 11.6 Å². The van der Waals surface area contributed by atoms with E-state index in [-0.39, 0.29) is 17.2 Å². The second kappa shape index (κ2) is 7.03. The molecule has 146 valence electrons. The van der Waals surface area contributed by atoms with Crippen molar-refractivity contribution in [1.82, 2.24) is 4.90 Å². The van der Waals surface area contributed by atoms with Crippen LogP contribution in [0.4, 0.5) is 8.78 Å². The van der Waals surface area contributed by atoms with Gasteiger partial charge in [0.2, 0.25) is 5.91 Å². The van der Waals surface area contributed by atoms with Crippen molar-refractivity contribution in [1.29, 1.82) is 0 Å². The zero-order valence-corrected chi connectivity index (χ0v) is 15.6. The van der Waals surface area contributed by atoms with Gasteiger partial charge in [-0.15, -0.1) is 0 Å². The van der Waals surface area contributed by atoms with Gasteiger partial charge in [-0.2, -0.15) is 8.78 Å². The van der Waals surface area contributed by atoms with E-state index in [0.717, 1.165) is 0 Å². The lowest BCUT2D eigenvalue weighted by Gasteiger charge is -2.27. The maximum atomic E-state index is 13.2. The lowest BCUT2D eigenvalue weighted by atomic mass is 9.81. The van der Waals surface area contributed by atoms with Crippen molar-refractivity contribution >= 4 is 17.6 Å². The van der Waals surface area contributed by atoms with E-state index in [9.17, 15) is 18.4 Å². The van der Waals surface area contributed by atoms with Crippen LogP contribution in [0.3, 0.4) is 0 Å². The highest BCUT2D eigenvalue weighted by Gasteiger charge is 2.49. The Morgan fingerprint density at radius 3 is 2.39 bits per heavy atom. The molecule has 1 atom stereocenters. The Morgan fingerprint density at radius 1 is 1.18 bits per heavy atom. The normalized spacial score (nSPS) is 19.1. The molecule has 2 aromatic rings. The highest BCUT2D eigenvalue weighted by Crippen LogP contribution is 2.41. The van der Waals surface area contributed by atoms with Crippen molar-refractivity contribution in [3.63, 3.8) is 0 Å². The number of nitrogens with zero attached hydrogens (tertiary/aromatic N) is 2. The third-order valence-corrected chi connectivity index (χ3v) is 4.80. The third kappa shape index (κ3) is 3.11.